The van der Waals surface area contributed by atoms with E-state index in [2.05, 4.69) is 35.8 Å². The maximum atomic E-state index is 5.37. The van der Waals surface area contributed by atoms with Gasteiger partial charge < -0.3 is 5.73 Å². The van der Waals surface area contributed by atoms with E-state index in [0.29, 0.717) is 6.54 Å². The molecule has 0 unspecified atom stereocenters. The molecule has 0 aliphatic carbocycles. The summed E-state index contributed by atoms with van der Waals surface area (Å²) in [7, 11) is 0. The molecular formula is C14H20N2S. The van der Waals surface area contributed by atoms with Crippen molar-refractivity contribution >= 4 is 11.3 Å². The molecule has 1 aliphatic heterocycles. The molecule has 0 spiro atoms. The lowest BCUT2D eigenvalue weighted by atomic mass is 9.99. The van der Waals surface area contributed by atoms with Crippen LogP contribution in [-0.4, -0.2) is 24.5 Å². The Balaban J connectivity index is 1.88. The molecule has 92 valence electrons. The van der Waals surface area contributed by atoms with Crippen molar-refractivity contribution in [1.82, 2.24) is 4.90 Å². The average Bonchev–Trinajstić information content (AvgIpc) is 2.77. The van der Waals surface area contributed by atoms with E-state index in [1.165, 1.54) is 30.8 Å². The van der Waals surface area contributed by atoms with Crippen molar-refractivity contribution < 1.29 is 0 Å². The van der Waals surface area contributed by atoms with Crippen molar-refractivity contribution in [3.8, 4) is 11.8 Å². The van der Waals surface area contributed by atoms with E-state index in [1.54, 1.807) is 11.3 Å². The van der Waals surface area contributed by atoms with E-state index >= 15 is 0 Å². The molecule has 1 aromatic heterocycles. The molecule has 1 aliphatic rings. The van der Waals surface area contributed by atoms with Crippen LogP contribution >= 0.6 is 11.3 Å². The molecule has 1 aromatic rings. The molecule has 1 saturated heterocycles. The van der Waals surface area contributed by atoms with Crippen molar-refractivity contribution in [3.05, 3.63) is 21.9 Å². The van der Waals surface area contributed by atoms with Crippen LogP contribution in [-0.2, 0) is 6.54 Å². The van der Waals surface area contributed by atoms with Gasteiger partial charge in [-0.3, -0.25) is 4.90 Å². The minimum absolute atomic E-state index is 0.442. The molecule has 0 radical (unpaired) electrons. The molecule has 0 amide bonds. The molecule has 2 N–H and O–H groups in total. The van der Waals surface area contributed by atoms with E-state index in [9.17, 15) is 0 Å². The van der Waals surface area contributed by atoms with E-state index < -0.39 is 0 Å². The smallest absolute Gasteiger partial charge is 0.0772 e. The molecule has 2 heterocycles. The second kappa shape index (κ2) is 6.20. The maximum absolute atomic E-state index is 5.37. The maximum Gasteiger partial charge on any atom is 0.0772 e. The third-order valence-electron chi connectivity index (χ3n) is 3.23. The molecule has 0 atom stereocenters. The fourth-order valence-electron chi connectivity index (χ4n) is 2.11. The lowest BCUT2D eigenvalue weighted by molar-refractivity contribution is 0.186. The van der Waals surface area contributed by atoms with Gasteiger partial charge in [0.25, 0.3) is 0 Å². The van der Waals surface area contributed by atoms with E-state index in [1.807, 2.05) is 0 Å². The Labute approximate surface area is 108 Å². The number of piperidine rings is 1. The highest BCUT2D eigenvalue weighted by atomic mass is 32.1. The van der Waals surface area contributed by atoms with Crippen LogP contribution < -0.4 is 5.73 Å². The fourth-order valence-corrected chi connectivity index (χ4v) is 3.03. The first-order valence-corrected chi connectivity index (χ1v) is 7.09. The summed E-state index contributed by atoms with van der Waals surface area (Å²) >= 11 is 1.80. The Morgan fingerprint density at radius 1 is 1.41 bits per heavy atom. The summed E-state index contributed by atoms with van der Waals surface area (Å²) in [5.41, 5.74) is 5.37. The second-order valence-electron chi connectivity index (χ2n) is 4.73. The van der Waals surface area contributed by atoms with Gasteiger partial charge in [-0.1, -0.05) is 18.8 Å². The summed E-state index contributed by atoms with van der Waals surface area (Å²) in [6.07, 6.45) is 2.68. The quantitative estimate of drug-likeness (QED) is 0.814. The highest BCUT2D eigenvalue weighted by Crippen LogP contribution is 2.21. The molecular weight excluding hydrogens is 228 g/mol. The van der Waals surface area contributed by atoms with Gasteiger partial charge in [-0.15, -0.1) is 11.3 Å². The summed E-state index contributed by atoms with van der Waals surface area (Å²) in [5, 5.41) is 0. The highest BCUT2D eigenvalue weighted by molar-refractivity contribution is 7.12. The first-order chi connectivity index (χ1) is 8.28. The number of hydrogen-bond acceptors (Lipinski definition) is 3. The summed E-state index contributed by atoms with van der Waals surface area (Å²) in [4.78, 5) is 5.10. The van der Waals surface area contributed by atoms with Crippen molar-refractivity contribution in [1.29, 1.82) is 0 Å². The summed E-state index contributed by atoms with van der Waals surface area (Å²) < 4.78 is 0. The Kier molecular flexibility index (Phi) is 4.61. The van der Waals surface area contributed by atoms with Gasteiger partial charge in [0.05, 0.1) is 11.4 Å². The topological polar surface area (TPSA) is 29.3 Å². The van der Waals surface area contributed by atoms with Gasteiger partial charge in [0.15, 0.2) is 0 Å². The van der Waals surface area contributed by atoms with Gasteiger partial charge in [0.2, 0.25) is 0 Å². The summed E-state index contributed by atoms with van der Waals surface area (Å²) in [6.45, 7) is 6.35. The zero-order valence-corrected chi connectivity index (χ0v) is 11.2. The number of hydrogen-bond donors (Lipinski definition) is 1. The standard InChI is InChI=1S/C14H20N2S/c1-12-6-9-16(10-7-12)11-14-5-4-13(17-14)3-2-8-15/h4-5,12H,6-11,15H2,1H3. The molecule has 17 heavy (non-hydrogen) atoms. The summed E-state index contributed by atoms with van der Waals surface area (Å²) in [6, 6.07) is 4.30. The number of thiophene rings is 1. The van der Waals surface area contributed by atoms with Crippen LogP contribution in [0.15, 0.2) is 12.1 Å². The zero-order valence-electron chi connectivity index (χ0n) is 10.4. The predicted molar refractivity (Wildman–Crippen MR) is 73.9 cm³/mol. The van der Waals surface area contributed by atoms with Crippen LogP contribution in [0.3, 0.4) is 0 Å². The van der Waals surface area contributed by atoms with Gasteiger partial charge in [-0.2, -0.15) is 0 Å². The number of nitrogens with zero attached hydrogens (tertiary/aromatic N) is 1. The third-order valence-corrected chi connectivity index (χ3v) is 4.22. The fraction of sp³-hybridized carbons (Fsp3) is 0.571. The lowest BCUT2D eigenvalue weighted by Gasteiger charge is -2.29. The first-order valence-electron chi connectivity index (χ1n) is 6.28. The van der Waals surface area contributed by atoms with E-state index in [-0.39, 0.29) is 0 Å². The van der Waals surface area contributed by atoms with Crippen LogP contribution in [0.4, 0.5) is 0 Å². The van der Waals surface area contributed by atoms with Gasteiger partial charge in [0, 0.05) is 11.4 Å². The third kappa shape index (κ3) is 3.85. The van der Waals surface area contributed by atoms with Crippen LogP contribution in [0.5, 0.6) is 0 Å². The Hall–Kier alpha value is -0.820. The number of rotatable bonds is 2. The molecule has 2 rings (SSSR count). The van der Waals surface area contributed by atoms with Gasteiger partial charge in [-0.05, 0) is 44.0 Å². The van der Waals surface area contributed by atoms with E-state index in [4.69, 9.17) is 5.73 Å². The highest BCUT2D eigenvalue weighted by Gasteiger charge is 2.16. The molecule has 3 heteroatoms. The summed E-state index contributed by atoms with van der Waals surface area (Å²) in [5.74, 6) is 6.90. The predicted octanol–water partition coefficient (Wildman–Crippen LogP) is 2.29. The van der Waals surface area contributed by atoms with Crippen LogP contribution in [0.1, 0.15) is 29.5 Å². The van der Waals surface area contributed by atoms with Crippen LogP contribution in [0, 0.1) is 17.8 Å². The largest absolute Gasteiger partial charge is 0.320 e. The average molecular weight is 248 g/mol. The molecule has 2 nitrogen and oxygen atoms in total. The van der Waals surface area contributed by atoms with E-state index in [0.717, 1.165) is 17.3 Å². The van der Waals surface area contributed by atoms with Gasteiger partial charge >= 0.3 is 0 Å². The monoisotopic (exact) mass is 248 g/mol. The Morgan fingerprint density at radius 3 is 2.88 bits per heavy atom. The Bertz CT molecular complexity index is 405. The minimum Gasteiger partial charge on any atom is -0.320 e. The van der Waals surface area contributed by atoms with Crippen molar-refractivity contribution in [2.24, 2.45) is 11.7 Å². The second-order valence-corrected chi connectivity index (χ2v) is 5.90. The number of nitrogens with two attached hydrogens (primary N) is 1. The molecule has 0 saturated carbocycles. The molecule has 0 aromatic carbocycles. The number of likely N-dealkylation sites (tertiary alicyclic amines) is 1. The van der Waals surface area contributed by atoms with Gasteiger partial charge in [-0.25, -0.2) is 0 Å². The van der Waals surface area contributed by atoms with Crippen molar-refractivity contribution in [2.45, 2.75) is 26.3 Å². The molecule has 0 bridgehead atoms. The molecule has 1 fully saturated rings. The minimum atomic E-state index is 0.442. The zero-order chi connectivity index (χ0) is 12.1. The lowest BCUT2D eigenvalue weighted by Crippen LogP contribution is -2.32. The van der Waals surface area contributed by atoms with Gasteiger partial charge in [0.1, 0.15) is 0 Å². The normalized spacial score (nSPS) is 17.8. The Morgan fingerprint density at radius 2 is 2.18 bits per heavy atom. The van der Waals surface area contributed by atoms with Crippen molar-refractivity contribution in [2.75, 3.05) is 19.6 Å². The van der Waals surface area contributed by atoms with Crippen molar-refractivity contribution in [3.63, 3.8) is 0 Å². The van der Waals surface area contributed by atoms with Crippen LogP contribution in [0.25, 0.3) is 0 Å². The van der Waals surface area contributed by atoms with Crippen LogP contribution in [0.2, 0.25) is 0 Å². The first kappa shape index (κ1) is 12.6. The SMILES string of the molecule is CC1CCN(Cc2ccc(C#CCN)s2)CC1.